The molecular weight excluding hydrogens is 367 g/mol. The summed E-state index contributed by atoms with van der Waals surface area (Å²) in [6.45, 7) is 2.30. The molecule has 0 nitrogen and oxygen atoms in total. The van der Waals surface area contributed by atoms with Crippen LogP contribution in [0.25, 0.3) is 11.1 Å². The largest absolute Gasteiger partial charge is 0.0904 e. The van der Waals surface area contributed by atoms with Gasteiger partial charge in [-0.3, -0.25) is 0 Å². The van der Waals surface area contributed by atoms with Gasteiger partial charge in [0.25, 0.3) is 0 Å². The van der Waals surface area contributed by atoms with Crippen molar-refractivity contribution in [3.63, 3.8) is 0 Å². The number of hydrogen-bond donors (Lipinski definition) is 0. The number of unbranched alkanes of at least 4 members (excludes halogenated alkanes) is 13. The van der Waals surface area contributed by atoms with Crippen LogP contribution in [0, 0.1) is 0 Å². The van der Waals surface area contributed by atoms with Crippen molar-refractivity contribution in [1.29, 1.82) is 0 Å². The quantitative estimate of drug-likeness (QED) is 0.180. The summed E-state index contributed by atoms with van der Waals surface area (Å²) in [7, 11) is 0.970. The Kier molecular flexibility index (Phi) is 13.9. The fraction of sp³-hybridized carbons (Fsp3) is 0.571. The van der Waals surface area contributed by atoms with Gasteiger partial charge in [-0.15, -0.1) is 0 Å². The molecule has 160 valence electrons. The zero-order valence-electron chi connectivity index (χ0n) is 18.8. The predicted octanol–water partition coefficient (Wildman–Crippen LogP) is 9.14. The van der Waals surface area contributed by atoms with Crippen molar-refractivity contribution in [2.75, 3.05) is 6.16 Å². The Bertz CT molecular complexity index is 602. The van der Waals surface area contributed by atoms with Gasteiger partial charge in [-0.2, -0.15) is 0 Å². The fourth-order valence-corrected chi connectivity index (χ4v) is 5.08. The summed E-state index contributed by atoms with van der Waals surface area (Å²) in [5.74, 6) is 0. The third-order valence-corrected chi connectivity index (χ3v) is 7.20. The van der Waals surface area contributed by atoms with Crippen LogP contribution in [0.15, 0.2) is 54.6 Å². The van der Waals surface area contributed by atoms with Crippen molar-refractivity contribution in [3.05, 3.63) is 54.6 Å². The van der Waals surface area contributed by atoms with E-state index in [0.29, 0.717) is 0 Å². The summed E-state index contributed by atoms with van der Waals surface area (Å²) < 4.78 is 0. The van der Waals surface area contributed by atoms with Crippen molar-refractivity contribution < 1.29 is 0 Å². The molecule has 2 rings (SSSR count). The van der Waals surface area contributed by atoms with Crippen LogP contribution in [0.3, 0.4) is 0 Å². The SMILES string of the molecule is CCCCCCCCCCCCCCCCPc1ccc(-c2ccccc2)cc1. The molecule has 0 aliphatic carbocycles. The summed E-state index contributed by atoms with van der Waals surface area (Å²) in [5.41, 5.74) is 2.64. The van der Waals surface area contributed by atoms with Crippen LogP contribution in [0.2, 0.25) is 0 Å². The van der Waals surface area contributed by atoms with Gasteiger partial charge in [0.2, 0.25) is 0 Å². The molecule has 0 bridgehead atoms. The van der Waals surface area contributed by atoms with Gasteiger partial charge in [0.15, 0.2) is 0 Å². The molecule has 0 aliphatic heterocycles. The van der Waals surface area contributed by atoms with E-state index >= 15 is 0 Å². The molecule has 0 spiro atoms. The lowest BCUT2D eigenvalue weighted by Gasteiger charge is -2.06. The maximum atomic E-state index is 2.32. The van der Waals surface area contributed by atoms with Crippen LogP contribution in [0.4, 0.5) is 0 Å². The summed E-state index contributed by atoms with van der Waals surface area (Å²) in [5, 5.41) is 1.51. The summed E-state index contributed by atoms with van der Waals surface area (Å²) in [4.78, 5) is 0. The monoisotopic (exact) mass is 410 g/mol. The molecule has 1 unspecified atom stereocenters. The molecule has 2 aromatic carbocycles. The molecule has 0 saturated carbocycles. The molecule has 0 heterocycles. The predicted molar refractivity (Wildman–Crippen MR) is 135 cm³/mol. The van der Waals surface area contributed by atoms with Crippen LogP contribution in [-0.4, -0.2) is 6.16 Å². The first kappa shape index (κ1) is 24.1. The highest BCUT2D eigenvalue weighted by atomic mass is 31.1. The number of rotatable bonds is 17. The number of hydrogen-bond acceptors (Lipinski definition) is 0. The maximum Gasteiger partial charge on any atom is -0.0184 e. The number of benzene rings is 2. The maximum absolute atomic E-state index is 2.32. The molecule has 0 saturated heterocycles. The minimum Gasteiger partial charge on any atom is -0.0904 e. The molecule has 0 radical (unpaired) electrons. The Labute approximate surface area is 182 Å². The second kappa shape index (κ2) is 16.6. The second-order valence-electron chi connectivity index (χ2n) is 8.47. The van der Waals surface area contributed by atoms with E-state index in [4.69, 9.17) is 0 Å². The van der Waals surface area contributed by atoms with Crippen LogP contribution >= 0.6 is 8.58 Å². The van der Waals surface area contributed by atoms with E-state index in [2.05, 4.69) is 61.5 Å². The fourth-order valence-electron chi connectivity index (χ4n) is 3.96. The molecule has 0 aromatic heterocycles. The van der Waals surface area contributed by atoms with Crippen molar-refractivity contribution in [1.82, 2.24) is 0 Å². The van der Waals surface area contributed by atoms with Gasteiger partial charge in [-0.05, 0) is 29.0 Å². The molecule has 1 heteroatoms. The lowest BCUT2D eigenvalue weighted by molar-refractivity contribution is 0.538. The lowest BCUT2D eigenvalue weighted by Crippen LogP contribution is -1.95. The highest BCUT2D eigenvalue weighted by molar-refractivity contribution is 7.47. The average molecular weight is 411 g/mol. The van der Waals surface area contributed by atoms with Gasteiger partial charge in [0.05, 0.1) is 0 Å². The molecule has 0 amide bonds. The molecule has 0 N–H and O–H groups in total. The van der Waals surface area contributed by atoms with E-state index in [1.807, 2.05) is 0 Å². The van der Waals surface area contributed by atoms with Crippen molar-refractivity contribution in [2.24, 2.45) is 0 Å². The Balaban J connectivity index is 1.39. The Morgan fingerprint density at radius 1 is 0.483 bits per heavy atom. The van der Waals surface area contributed by atoms with Gasteiger partial charge in [0.1, 0.15) is 0 Å². The Morgan fingerprint density at radius 3 is 1.45 bits per heavy atom. The lowest BCUT2D eigenvalue weighted by atomic mass is 10.0. The Hall–Kier alpha value is -1.13. The summed E-state index contributed by atoms with van der Waals surface area (Å²) >= 11 is 0. The summed E-state index contributed by atoms with van der Waals surface area (Å²) in [6, 6.07) is 19.9. The van der Waals surface area contributed by atoms with E-state index in [1.165, 1.54) is 112 Å². The first-order valence-electron chi connectivity index (χ1n) is 12.3. The van der Waals surface area contributed by atoms with Crippen LogP contribution < -0.4 is 5.30 Å². The third-order valence-electron chi connectivity index (χ3n) is 5.85. The molecule has 29 heavy (non-hydrogen) atoms. The van der Waals surface area contributed by atoms with Crippen LogP contribution in [0.1, 0.15) is 96.8 Å². The van der Waals surface area contributed by atoms with Gasteiger partial charge in [0, 0.05) is 0 Å². The zero-order valence-corrected chi connectivity index (χ0v) is 19.8. The minimum absolute atomic E-state index is 0.970. The second-order valence-corrected chi connectivity index (χ2v) is 9.90. The van der Waals surface area contributed by atoms with Crippen molar-refractivity contribution in [3.8, 4) is 11.1 Å². The highest BCUT2D eigenvalue weighted by Gasteiger charge is 1.98. The molecule has 0 fully saturated rings. The zero-order chi connectivity index (χ0) is 20.4. The normalized spacial score (nSPS) is 11.5. The first-order valence-corrected chi connectivity index (χ1v) is 13.5. The van der Waals surface area contributed by atoms with Gasteiger partial charge in [-0.1, -0.05) is 154 Å². The van der Waals surface area contributed by atoms with Gasteiger partial charge in [-0.25, -0.2) is 0 Å². The highest BCUT2D eigenvalue weighted by Crippen LogP contribution is 2.21. The standard InChI is InChI=1S/C28H43P/c1-2-3-4-5-6-7-8-9-10-11-12-13-14-18-25-29-28-23-21-27(22-24-28)26-19-16-15-17-20-26/h15-17,19-24,29H,2-14,18,25H2,1H3. The van der Waals surface area contributed by atoms with E-state index in [-0.39, 0.29) is 0 Å². The van der Waals surface area contributed by atoms with E-state index < -0.39 is 0 Å². The smallest absolute Gasteiger partial charge is 0.0184 e. The molecule has 2 aromatic rings. The minimum atomic E-state index is 0.970. The topological polar surface area (TPSA) is 0 Å². The van der Waals surface area contributed by atoms with E-state index in [1.54, 1.807) is 0 Å². The average Bonchev–Trinajstić information content (AvgIpc) is 2.77. The van der Waals surface area contributed by atoms with E-state index in [0.717, 1.165) is 8.58 Å². The molecular formula is C28H43P. The van der Waals surface area contributed by atoms with Gasteiger partial charge < -0.3 is 0 Å². The Morgan fingerprint density at radius 2 is 0.931 bits per heavy atom. The molecule has 1 atom stereocenters. The third kappa shape index (κ3) is 11.6. The van der Waals surface area contributed by atoms with Crippen LogP contribution in [0.5, 0.6) is 0 Å². The van der Waals surface area contributed by atoms with Crippen LogP contribution in [-0.2, 0) is 0 Å². The van der Waals surface area contributed by atoms with Crippen molar-refractivity contribution >= 4 is 13.9 Å². The van der Waals surface area contributed by atoms with Crippen molar-refractivity contribution in [2.45, 2.75) is 96.8 Å². The van der Waals surface area contributed by atoms with E-state index in [9.17, 15) is 0 Å². The first-order chi connectivity index (χ1) is 14.4. The summed E-state index contributed by atoms with van der Waals surface area (Å²) in [6.07, 6.45) is 21.6. The molecule has 0 aliphatic rings. The van der Waals surface area contributed by atoms with Gasteiger partial charge >= 0.3 is 0 Å².